The van der Waals surface area contributed by atoms with E-state index in [0.29, 0.717) is 30.8 Å². The first kappa shape index (κ1) is 18.6. The highest BCUT2D eigenvalue weighted by atomic mass is 16.3. The van der Waals surface area contributed by atoms with E-state index in [-0.39, 0.29) is 11.8 Å². The lowest BCUT2D eigenvalue weighted by Gasteiger charge is -2.34. The molecule has 7 nitrogen and oxygen atoms in total. The van der Waals surface area contributed by atoms with Crippen LogP contribution in [0.15, 0.2) is 47.1 Å². The Balaban J connectivity index is 1.33. The second-order valence-electron chi connectivity index (χ2n) is 7.64. The Hall–Kier alpha value is -2.80. The van der Waals surface area contributed by atoms with Crippen molar-refractivity contribution in [2.45, 2.75) is 19.4 Å². The molecule has 1 aromatic carbocycles. The lowest BCUT2D eigenvalue weighted by molar-refractivity contribution is -0.134. The molecule has 1 aromatic heterocycles. The van der Waals surface area contributed by atoms with E-state index in [9.17, 15) is 9.59 Å². The largest absolute Gasteiger partial charge is 0.467 e. The van der Waals surface area contributed by atoms with Crippen molar-refractivity contribution in [3.8, 4) is 0 Å². The highest BCUT2D eigenvalue weighted by Gasteiger charge is 2.56. The summed E-state index contributed by atoms with van der Waals surface area (Å²) in [6.45, 7) is 4.39. The number of hydrogen-bond donors (Lipinski definition) is 2. The molecule has 0 spiro atoms. The van der Waals surface area contributed by atoms with Gasteiger partial charge in [0.2, 0.25) is 11.8 Å². The van der Waals surface area contributed by atoms with Crippen molar-refractivity contribution in [2.24, 2.45) is 5.41 Å². The third-order valence-corrected chi connectivity index (χ3v) is 5.62. The van der Waals surface area contributed by atoms with Gasteiger partial charge in [-0.05, 0) is 56.3 Å². The van der Waals surface area contributed by atoms with E-state index in [1.807, 2.05) is 24.3 Å². The van der Waals surface area contributed by atoms with Gasteiger partial charge in [-0.3, -0.25) is 9.59 Å². The first-order valence-corrected chi connectivity index (χ1v) is 9.72. The number of benzene rings is 1. The fourth-order valence-corrected chi connectivity index (χ4v) is 3.50. The van der Waals surface area contributed by atoms with E-state index in [2.05, 4.69) is 27.5 Å². The van der Waals surface area contributed by atoms with Crippen LogP contribution in [0.3, 0.4) is 0 Å². The summed E-state index contributed by atoms with van der Waals surface area (Å²) in [5, 5.41) is 5.71. The minimum atomic E-state index is -0.956. The predicted octanol–water partition coefficient (Wildman–Crippen LogP) is 2.07. The van der Waals surface area contributed by atoms with Crippen LogP contribution < -0.4 is 15.5 Å². The van der Waals surface area contributed by atoms with Gasteiger partial charge in [0.1, 0.15) is 11.2 Å². The van der Waals surface area contributed by atoms with Gasteiger partial charge in [-0.2, -0.15) is 0 Å². The third-order valence-electron chi connectivity index (χ3n) is 5.62. The van der Waals surface area contributed by atoms with Gasteiger partial charge in [0.15, 0.2) is 0 Å². The zero-order valence-electron chi connectivity index (χ0n) is 16.1. The maximum atomic E-state index is 12.7. The van der Waals surface area contributed by atoms with Crippen LogP contribution in [0.2, 0.25) is 0 Å². The summed E-state index contributed by atoms with van der Waals surface area (Å²) in [4.78, 5) is 29.9. The first-order valence-electron chi connectivity index (χ1n) is 9.72. The van der Waals surface area contributed by atoms with Gasteiger partial charge in [0.05, 0.1) is 12.8 Å². The number of carbonyl (C=O) groups is 2. The zero-order valence-corrected chi connectivity index (χ0v) is 16.1. The number of anilines is 2. The number of hydrogen-bond acceptors (Lipinski definition) is 5. The fourth-order valence-electron chi connectivity index (χ4n) is 3.50. The lowest BCUT2D eigenvalue weighted by atomic mass is 10.0. The second-order valence-corrected chi connectivity index (χ2v) is 7.64. The molecule has 2 aliphatic rings. The van der Waals surface area contributed by atoms with Crippen molar-refractivity contribution < 1.29 is 14.0 Å². The van der Waals surface area contributed by atoms with E-state index < -0.39 is 5.41 Å². The SMILES string of the molecule is CN1CCN(c2ccc(NC(=O)C3(C(=O)NCc4ccco4)CC3)cc2)CC1. The molecule has 2 N–H and O–H groups in total. The number of nitrogens with zero attached hydrogens (tertiary/aromatic N) is 2. The maximum absolute atomic E-state index is 12.7. The van der Waals surface area contributed by atoms with Crippen LogP contribution in [0.4, 0.5) is 11.4 Å². The normalized spacial score (nSPS) is 18.5. The molecule has 4 rings (SSSR count). The molecule has 2 heterocycles. The fraction of sp³-hybridized carbons (Fsp3) is 0.429. The Morgan fingerprint density at radius 1 is 1.04 bits per heavy atom. The third kappa shape index (κ3) is 3.89. The number of rotatable bonds is 6. The molecule has 1 saturated carbocycles. The average molecular weight is 382 g/mol. The van der Waals surface area contributed by atoms with Crippen LogP contribution in [0.5, 0.6) is 0 Å². The number of nitrogens with one attached hydrogen (secondary N) is 2. The first-order chi connectivity index (χ1) is 13.6. The summed E-state index contributed by atoms with van der Waals surface area (Å²) in [6.07, 6.45) is 2.71. The molecule has 2 amide bonds. The van der Waals surface area contributed by atoms with Gasteiger partial charge in [-0.25, -0.2) is 0 Å². The Labute approximate surface area is 164 Å². The van der Waals surface area contributed by atoms with Gasteiger partial charge in [-0.1, -0.05) is 0 Å². The van der Waals surface area contributed by atoms with Gasteiger partial charge in [0, 0.05) is 37.6 Å². The minimum absolute atomic E-state index is 0.239. The number of carbonyl (C=O) groups excluding carboxylic acids is 2. The highest BCUT2D eigenvalue weighted by molar-refractivity contribution is 6.13. The van der Waals surface area contributed by atoms with Crippen molar-refractivity contribution >= 4 is 23.2 Å². The molecule has 0 unspecified atom stereocenters. The van der Waals surface area contributed by atoms with Gasteiger partial charge in [-0.15, -0.1) is 0 Å². The van der Waals surface area contributed by atoms with Crippen LogP contribution in [0, 0.1) is 5.41 Å². The molecule has 0 bridgehead atoms. The minimum Gasteiger partial charge on any atom is -0.467 e. The Kier molecular flexibility index (Phi) is 5.09. The van der Waals surface area contributed by atoms with Crippen LogP contribution in [-0.4, -0.2) is 49.9 Å². The standard InChI is InChI=1S/C21H26N4O3/c1-24-10-12-25(13-11-24)17-6-4-16(5-7-17)23-20(27)21(8-9-21)19(26)22-15-18-3-2-14-28-18/h2-7,14H,8-13,15H2,1H3,(H,22,26)(H,23,27). The summed E-state index contributed by atoms with van der Waals surface area (Å²) < 4.78 is 5.22. The van der Waals surface area contributed by atoms with Crippen LogP contribution >= 0.6 is 0 Å². The zero-order chi connectivity index (χ0) is 19.6. The van der Waals surface area contributed by atoms with Gasteiger partial charge < -0.3 is 24.9 Å². The van der Waals surface area contributed by atoms with Crippen LogP contribution in [0.1, 0.15) is 18.6 Å². The van der Waals surface area contributed by atoms with Crippen molar-refractivity contribution in [1.29, 1.82) is 0 Å². The summed E-state index contributed by atoms with van der Waals surface area (Å²) >= 11 is 0. The van der Waals surface area contributed by atoms with E-state index in [4.69, 9.17) is 4.42 Å². The number of piperazine rings is 1. The number of likely N-dealkylation sites (N-methyl/N-ethyl adjacent to an activating group) is 1. The summed E-state index contributed by atoms with van der Waals surface area (Å²) in [7, 11) is 2.13. The smallest absolute Gasteiger partial charge is 0.240 e. The molecular weight excluding hydrogens is 356 g/mol. The van der Waals surface area contributed by atoms with Crippen molar-refractivity contribution in [3.05, 3.63) is 48.4 Å². The quantitative estimate of drug-likeness (QED) is 0.748. The molecule has 148 valence electrons. The molecular formula is C21H26N4O3. The summed E-state index contributed by atoms with van der Waals surface area (Å²) in [5.74, 6) is 0.191. The molecule has 7 heteroatoms. The lowest BCUT2D eigenvalue weighted by Crippen LogP contribution is -2.44. The molecule has 0 atom stereocenters. The molecule has 2 aromatic rings. The molecule has 1 aliphatic heterocycles. The van der Waals surface area contributed by atoms with E-state index in [0.717, 1.165) is 31.9 Å². The average Bonchev–Trinajstić information content (AvgIpc) is 3.37. The molecule has 2 fully saturated rings. The number of amides is 2. The second kappa shape index (κ2) is 7.67. The topological polar surface area (TPSA) is 77.8 Å². The van der Waals surface area contributed by atoms with Crippen molar-refractivity contribution in [1.82, 2.24) is 10.2 Å². The van der Waals surface area contributed by atoms with Gasteiger partial charge >= 0.3 is 0 Å². The number of furan rings is 1. The highest BCUT2D eigenvalue weighted by Crippen LogP contribution is 2.47. The predicted molar refractivity (Wildman–Crippen MR) is 107 cm³/mol. The molecule has 28 heavy (non-hydrogen) atoms. The van der Waals surface area contributed by atoms with Crippen molar-refractivity contribution in [3.63, 3.8) is 0 Å². The van der Waals surface area contributed by atoms with Crippen LogP contribution in [-0.2, 0) is 16.1 Å². The molecule has 1 saturated heterocycles. The van der Waals surface area contributed by atoms with Crippen LogP contribution in [0.25, 0.3) is 0 Å². The Bertz CT molecular complexity index is 820. The maximum Gasteiger partial charge on any atom is 0.240 e. The Morgan fingerprint density at radius 2 is 1.75 bits per heavy atom. The van der Waals surface area contributed by atoms with Gasteiger partial charge in [0.25, 0.3) is 0 Å². The van der Waals surface area contributed by atoms with Crippen molar-refractivity contribution in [2.75, 3.05) is 43.4 Å². The molecule has 0 radical (unpaired) electrons. The van der Waals surface area contributed by atoms with E-state index in [1.165, 1.54) is 0 Å². The summed E-state index contributed by atoms with van der Waals surface area (Å²) in [6, 6.07) is 11.4. The van der Waals surface area contributed by atoms with E-state index in [1.54, 1.807) is 18.4 Å². The van der Waals surface area contributed by atoms with E-state index >= 15 is 0 Å². The summed E-state index contributed by atoms with van der Waals surface area (Å²) in [5.41, 5.74) is 0.916. The Morgan fingerprint density at radius 3 is 2.36 bits per heavy atom. The monoisotopic (exact) mass is 382 g/mol. The molecule has 1 aliphatic carbocycles.